The number of piperazine rings is 1. The quantitative estimate of drug-likeness (QED) is 0.824. The van der Waals surface area contributed by atoms with Crippen LogP contribution in [0.3, 0.4) is 0 Å². The molecule has 18 heavy (non-hydrogen) atoms. The van der Waals surface area contributed by atoms with Gasteiger partial charge in [0.15, 0.2) is 11.6 Å². The van der Waals surface area contributed by atoms with Crippen LogP contribution in [0, 0.1) is 5.82 Å². The molecule has 98 valence electrons. The molecule has 1 atom stereocenters. The van der Waals surface area contributed by atoms with Gasteiger partial charge in [0.2, 0.25) is 0 Å². The van der Waals surface area contributed by atoms with Crippen LogP contribution in [0.5, 0.6) is 5.75 Å². The molecule has 0 saturated carbocycles. The topological polar surface area (TPSA) is 24.5 Å². The van der Waals surface area contributed by atoms with Gasteiger partial charge in [-0.3, -0.25) is 4.90 Å². The summed E-state index contributed by atoms with van der Waals surface area (Å²) in [5.41, 5.74) is 1.02. The summed E-state index contributed by atoms with van der Waals surface area (Å²) in [6, 6.07) is 5.59. The molecule has 0 spiro atoms. The smallest absolute Gasteiger partial charge is 0.165 e. The van der Waals surface area contributed by atoms with E-state index in [9.17, 15) is 4.39 Å². The lowest BCUT2D eigenvalue weighted by atomic mass is 9.99. The van der Waals surface area contributed by atoms with Gasteiger partial charge in [-0.1, -0.05) is 12.1 Å². The van der Waals surface area contributed by atoms with E-state index in [-0.39, 0.29) is 5.82 Å². The average Bonchev–Trinajstić information content (AvgIpc) is 2.63. The normalized spacial score (nSPS) is 25.1. The number of hydrogen-bond acceptors (Lipinski definition) is 3. The summed E-state index contributed by atoms with van der Waals surface area (Å²) in [7, 11) is 0. The zero-order valence-electron chi connectivity index (χ0n) is 10.5. The molecule has 0 aliphatic carbocycles. The van der Waals surface area contributed by atoms with Crippen molar-refractivity contribution in [2.24, 2.45) is 0 Å². The van der Waals surface area contributed by atoms with Gasteiger partial charge < -0.3 is 10.1 Å². The highest BCUT2D eigenvalue weighted by Crippen LogP contribution is 2.37. The Morgan fingerprint density at radius 2 is 2.11 bits per heavy atom. The average molecular weight is 250 g/mol. The van der Waals surface area contributed by atoms with Crippen molar-refractivity contribution in [3.63, 3.8) is 0 Å². The summed E-state index contributed by atoms with van der Waals surface area (Å²) in [6.07, 6.45) is 2.04. The van der Waals surface area contributed by atoms with E-state index >= 15 is 0 Å². The van der Waals surface area contributed by atoms with E-state index in [1.54, 1.807) is 6.07 Å². The highest BCUT2D eigenvalue weighted by atomic mass is 19.1. The Kier molecular flexibility index (Phi) is 3.48. The van der Waals surface area contributed by atoms with Gasteiger partial charge in [-0.05, 0) is 18.9 Å². The van der Waals surface area contributed by atoms with E-state index in [0.717, 1.165) is 44.6 Å². The van der Waals surface area contributed by atoms with Crippen molar-refractivity contribution in [1.82, 2.24) is 10.2 Å². The largest absolute Gasteiger partial charge is 0.490 e. The Morgan fingerprint density at radius 3 is 2.94 bits per heavy atom. The molecule has 1 saturated heterocycles. The number of fused-ring (bicyclic) bond motifs is 1. The fourth-order valence-electron chi connectivity index (χ4n) is 2.92. The first-order valence-electron chi connectivity index (χ1n) is 6.72. The molecule has 3 nitrogen and oxygen atoms in total. The van der Waals surface area contributed by atoms with Crippen molar-refractivity contribution in [2.75, 3.05) is 32.8 Å². The van der Waals surface area contributed by atoms with Crippen LogP contribution in [0.1, 0.15) is 24.4 Å². The van der Waals surface area contributed by atoms with E-state index < -0.39 is 0 Å². The van der Waals surface area contributed by atoms with E-state index in [1.165, 1.54) is 6.07 Å². The maximum absolute atomic E-state index is 13.8. The van der Waals surface area contributed by atoms with Gasteiger partial charge in [0.1, 0.15) is 0 Å². The summed E-state index contributed by atoms with van der Waals surface area (Å²) < 4.78 is 19.4. The third-order valence-electron chi connectivity index (χ3n) is 3.82. The first kappa shape index (κ1) is 11.9. The molecule has 1 unspecified atom stereocenters. The molecule has 2 aliphatic heterocycles. The minimum absolute atomic E-state index is 0.227. The van der Waals surface area contributed by atoms with Crippen LogP contribution < -0.4 is 10.1 Å². The van der Waals surface area contributed by atoms with Crippen molar-refractivity contribution < 1.29 is 9.13 Å². The number of halogens is 1. The number of ether oxygens (including phenoxy) is 1. The minimum atomic E-state index is -0.227. The summed E-state index contributed by atoms with van der Waals surface area (Å²) in [5.74, 6) is 0.244. The van der Waals surface area contributed by atoms with Crippen LogP contribution in [0.4, 0.5) is 4.39 Å². The molecule has 1 aromatic rings. The van der Waals surface area contributed by atoms with Crippen molar-refractivity contribution in [1.29, 1.82) is 0 Å². The Morgan fingerprint density at radius 1 is 1.28 bits per heavy atom. The maximum atomic E-state index is 13.8. The van der Waals surface area contributed by atoms with Crippen molar-refractivity contribution in [2.45, 2.75) is 18.9 Å². The van der Waals surface area contributed by atoms with E-state index in [0.29, 0.717) is 18.4 Å². The molecule has 0 amide bonds. The third kappa shape index (κ3) is 2.22. The summed E-state index contributed by atoms with van der Waals surface area (Å²) in [5, 5.41) is 3.36. The molecule has 1 N–H and O–H groups in total. The summed E-state index contributed by atoms with van der Waals surface area (Å²) in [6.45, 7) is 4.71. The standard InChI is InChI=1S/C14H19FN2O/c15-12-4-1-3-11-13(5-2-10-18-14(11)12)17-8-6-16-7-9-17/h1,3-4,13,16H,2,5-10H2. The predicted molar refractivity (Wildman–Crippen MR) is 68.3 cm³/mol. The van der Waals surface area contributed by atoms with Gasteiger partial charge in [0.25, 0.3) is 0 Å². The van der Waals surface area contributed by atoms with Gasteiger partial charge in [-0.15, -0.1) is 0 Å². The van der Waals surface area contributed by atoms with E-state index in [4.69, 9.17) is 4.74 Å². The third-order valence-corrected chi connectivity index (χ3v) is 3.82. The second-order valence-electron chi connectivity index (χ2n) is 4.95. The molecule has 2 heterocycles. The van der Waals surface area contributed by atoms with Gasteiger partial charge in [-0.2, -0.15) is 0 Å². The maximum Gasteiger partial charge on any atom is 0.165 e. The molecule has 0 bridgehead atoms. The molecule has 0 radical (unpaired) electrons. The molecule has 0 aromatic heterocycles. The van der Waals surface area contributed by atoms with Crippen LogP contribution in [0.2, 0.25) is 0 Å². The SMILES string of the molecule is Fc1cccc2c1OCCCC2N1CCNCC1. The van der Waals surface area contributed by atoms with Crippen molar-refractivity contribution >= 4 is 0 Å². The zero-order valence-corrected chi connectivity index (χ0v) is 10.5. The zero-order chi connectivity index (χ0) is 12.4. The Bertz CT molecular complexity index is 418. The lowest BCUT2D eigenvalue weighted by Gasteiger charge is -2.34. The van der Waals surface area contributed by atoms with Gasteiger partial charge in [0, 0.05) is 37.8 Å². The van der Waals surface area contributed by atoms with Crippen LogP contribution in [0.15, 0.2) is 18.2 Å². The number of benzene rings is 1. The van der Waals surface area contributed by atoms with Crippen molar-refractivity contribution in [3.05, 3.63) is 29.6 Å². The van der Waals surface area contributed by atoms with Crippen LogP contribution in [-0.4, -0.2) is 37.7 Å². The minimum Gasteiger partial charge on any atom is -0.490 e. The van der Waals surface area contributed by atoms with Crippen LogP contribution in [0.25, 0.3) is 0 Å². The lowest BCUT2D eigenvalue weighted by molar-refractivity contribution is 0.165. The van der Waals surface area contributed by atoms with Gasteiger partial charge in [-0.25, -0.2) is 4.39 Å². The Hall–Kier alpha value is -1.13. The highest BCUT2D eigenvalue weighted by Gasteiger charge is 2.27. The molecule has 2 aliphatic rings. The predicted octanol–water partition coefficient (Wildman–Crippen LogP) is 1.94. The molecular weight excluding hydrogens is 231 g/mol. The van der Waals surface area contributed by atoms with Crippen molar-refractivity contribution in [3.8, 4) is 5.75 Å². The first-order valence-corrected chi connectivity index (χ1v) is 6.72. The number of nitrogens with one attached hydrogen (secondary N) is 1. The molecule has 1 fully saturated rings. The van der Waals surface area contributed by atoms with Gasteiger partial charge in [0.05, 0.1) is 6.61 Å². The molecule has 4 heteroatoms. The Balaban J connectivity index is 1.93. The summed E-state index contributed by atoms with van der Waals surface area (Å²) >= 11 is 0. The second-order valence-corrected chi connectivity index (χ2v) is 4.95. The molecule has 1 aromatic carbocycles. The number of para-hydroxylation sites is 1. The fraction of sp³-hybridized carbons (Fsp3) is 0.571. The highest BCUT2D eigenvalue weighted by molar-refractivity contribution is 5.38. The fourth-order valence-corrected chi connectivity index (χ4v) is 2.92. The first-order chi connectivity index (χ1) is 8.86. The summed E-state index contributed by atoms with van der Waals surface area (Å²) in [4.78, 5) is 2.45. The number of hydrogen-bond donors (Lipinski definition) is 1. The van der Waals surface area contributed by atoms with E-state index in [2.05, 4.69) is 10.2 Å². The van der Waals surface area contributed by atoms with Crippen LogP contribution in [-0.2, 0) is 0 Å². The Labute approximate surface area is 107 Å². The van der Waals surface area contributed by atoms with Crippen LogP contribution >= 0.6 is 0 Å². The van der Waals surface area contributed by atoms with E-state index in [1.807, 2.05) is 6.07 Å². The monoisotopic (exact) mass is 250 g/mol. The number of rotatable bonds is 1. The molecular formula is C14H19FN2O. The molecule has 3 rings (SSSR count). The second kappa shape index (κ2) is 5.24. The number of nitrogens with zero attached hydrogens (tertiary/aromatic N) is 1. The lowest BCUT2D eigenvalue weighted by Crippen LogP contribution is -2.45. The van der Waals surface area contributed by atoms with Gasteiger partial charge >= 0.3 is 0 Å².